The second-order valence-electron chi connectivity index (χ2n) is 5.77. The summed E-state index contributed by atoms with van der Waals surface area (Å²) in [4.78, 5) is 25.4. The van der Waals surface area contributed by atoms with Crippen LogP contribution in [-0.2, 0) is 19.1 Å². The number of hydrogen-bond donors (Lipinski definition) is 0. The molecule has 0 spiro atoms. The van der Waals surface area contributed by atoms with Crippen LogP contribution in [0.4, 0.5) is 0 Å². The number of likely N-dealkylation sites (tertiary alicyclic amines) is 1. The summed E-state index contributed by atoms with van der Waals surface area (Å²) in [5, 5.41) is 0. The average molecular weight is 283 g/mol. The van der Waals surface area contributed by atoms with E-state index in [-0.39, 0.29) is 30.4 Å². The minimum absolute atomic E-state index is 0.0552. The summed E-state index contributed by atoms with van der Waals surface area (Å²) < 4.78 is 10.8. The monoisotopic (exact) mass is 283 g/mol. The molecular formula is C15H25NO4. The quantitative estimate of drug-likeness (QED) is 0.723. The SMILES string of the molecule is C[C@H](CC(=O)OC[C@H]1CCCCO1)N1CCCCC1=O. The van der Waals surface area contributed by atoms with Gasteiger partial charge in [-0.15, -0.1) is 0 Å². The molecule has 2 rings (SSSR count). The Morgan fingerprint density at radius 1 is 1.40 bits per heavy atom. The lowest BCUT2D eigenvalue weighted by Crippen LogP contribution is -2.43. The molecule has 2 aliphatic heterocycles. The summed E-state index contributed by atoms with van der Waals surface area (Å²) in [5.74, 6) is -0.0720. The normalized spacial score (nSPS) is 25.4. The summed E-state index contributed by atoms with van der Waals surface area (Å²) in [6, 6.07) is -0.0671. The van der Waals surface area contributed by atoms with Gasteiger partial charge in [-0.1, -0.05) is 0 Å². The minimum atomic E-state index is -0.231. The van der Waals surface area contributed by atoms with Crippen molar-refractivity contribution in [3.63, 3.8) is 0 Å². The maximum atomic E-state index is 11.8. The topological polar surface area (TPSA) is 55.8 Å². The zero-order valence-electron chi connectivity index (χ0n) is 12.3. The number of esters is 1. The van der Waals surface area contributed by atoms with Gasteiger partial charge in [-0.05, 0) is 39.0 Å². The summed E-state index contributed by atoms with van der Waals surface area (Å²) in [6.45, 7) is 3.79. The smallest absolute Gasteiger partial charge is 0.307 e. The Morgan fingerprint density at radius 2 is 2.25 bits per heavy atom. The lowest BCUT2D eigenvalue weighted by molar-refractivity contribution is -0.151. The van der Waals surface area contributed by atoms with Crippen molar-refractivity contribution in [1.82, 2.24) is 4.90 Å². The Balaban J connectivity index is 1.68. The first-order chi connectivity index (χ1) is 9.66. The van der Waals surface area contributed by atoms with Crippen LogP contribution < -0.4 is 0 Å². The number of ether oxygens (including phenoxy) is 2. The van der Waals surface area contributed by atoms with Gasteiger partial charge in [-0.25, -0.2) is 0 Å². The van der Waals surface area contributed by atoms with Gasteiger partial charge in [0.15, 0.2) is 0 Å². The molecule has 5 nitrogen and oxygen atoms in total. The number of hydrogen-bond acceptors (Lipinski definition) is 4. The molecule has 20 heavy (non-hydrogen) atoms. The third kappa shape index (κ3) is 4.47. The first kappa shape index (κ1) is 15.3. The Bertz CT molecular complexity index is 339. The van der Waals surface area contributed by atoms with E-state index in [0.717, 1.165) is 45.3 Å². The highest BCUT2D eigenvalue weighted by atomic mass is 16.6. The molecule has 0 radical (unpaired) electrons. The van der Waals surface area contributed by atoms with Crippen LogP contribution in [0.2, 0.25) is 0 Å². The summed E-state index contributed by atoms with van der Waals surface area (Å²) in [5.41, 5.74) is 0. The molecule has 2 fully saturated rings. The third-order valence-corrected chi connectivity index (χ3v) is 4.06. The fourth-order valence-corrected chi connectivity index (χ4v) is 2.83. The summed E-state index contributed by atoms with van der Waals surface area (Å²) >= 11 is 0. The van der Waals surface area contributed by atoms with E-state index >= 15 is 0 Å². The average Bonchev–Trinajstić information content (AvgIpc) is 2.46. The van der Waals surface area contributed by atoms with Crippen molar-refractivity contribution in [1.29, 1.82) is 0 Å². The lowest BCUT2D eigenvalue weighted by Gasteiger charge is -2.32. The number of carbonyl (C=O) groups excluding carboxylic acids is 2. The van der Waals surface area contributed by atoms with Crippen molar-refractivity contribution in [2.45, 2.75) is 64.0 Å². The molecule has 2 atom stereocenters. The van der Waals surface area contributed by atoms with Gasteiger partial charge in [0, 0.05) is 25.6 Å². The molecule has 0 saturated carbocycles. The highest BCUT2D eigenvalue weighted by molar-refractivity contribution is 5.78. The van der Waals surface area contributed by atoms with E-state index in [4.69, 9.17) is 9.47 Å². The molecule has 0 aromatic carbocycles. The molecule has 2 aliphatic rings. The second-order valence-corrected chi connectivity index (χ2v) is 5.77. The maximum absolute atomic E-state index is 11.8. The van der Waals surface area contributed by atoms with Crippen LogP contribution in [0.15, 0.2) is 0 Å². The van der Waals surface area contributed by atoms with E-state index in [1.54, 1.807) is 0 Å². The van der Waals surface area contributed by atoms with E-state index in [2.05, 4.69) is 0 Å². The molecule has 5 heteroatoms. The van der Waals surface area contributed by atoms with Crippen molar-refractivity contribution in [2.75, 3.05) is 19.8 Å². The van der Waals surface area contributed by atoms with Crippen LogP contribution in [0.1, 0.15) is 51.9 Å². The van der Waals surface area contributed by atoms with E-state index in [1.165, 1.54) is 0 Å². The van der Waals surface area contributed by atoms with Crippen LogP contribution >= 0.6 is 0 Å². The Hall–Kier alpha value is -1.10. The molecule has 0 aromatic rings. The van der Waals surface area contributed by atoms with Crippen LogP contribution in [-0.4, -0.2) is 48.7 Å². The first-order valence-corrected chi connectivity index (χ1v) is 7.73. The molecule has 1 amide bonds. The molecule has 0 N–H and O–H groups in total. The number of amides is 1. The number of carbonyl (C=O) groups is 2. The van der Waals surface area contributed by atoms with Crippen molar-refractivity contribution < 1.29 is 19.1 Å². The largest absolute Gasteiger partial charge is 0.463 e. The van der Waals surface area contributed by atoms with E-state index in [1.807, 2.05) is 11.8 Å². The molecular weight excluding hydrogens is 258 g/mol. The van der Waals surface area contributed by atoms with Gasteiger partial charge >= 0.3 is 5.97 Å². The van der Waals surface area contributed by atoms with Crippen LogP contribution in [0, 0.1) is 0 Å². The maximum Gasteiger partial charge on any atom is 0.307 e. The number of nitrogens with zero attached hydrogens (tertiary/aromatic N) is 1. The van der Waals surface area contributed by atoms with E-state index < -0.39 is 0 Å². The Kier molecular flexibility index (Phi) is 5.83. The number of piperidine rings is 1. The first-order valence-electron chi connectivity index (χ1n) is 7.73. The van der Waals surface area contributed by atoms with Crippen molar-refractivity contribution in [2.24, 2.45) is 0 Å². The predicted molar refractivity (Wildman–Crippen MR) is 74.2 cm³/mol. The van der Waals surface area contributed by atoms with Gasteiger partial charge < -0.3 is 14.4 Å². The number of rotatable bonds is 5. The van der Waals surface area contributed by atoms with Crippen molar-refractivity contribution >= 4 is 11.9 Å². The molecule has 114 valence electrons. The van der Waals surface area contributed by atoms with Gasteiger partial charge in [-0.2, -0.15) is 0 Å². The standard InChI is InChI=1S/C15H25NO4/c1-12(16-8-4-2-7-14(16)17)10-15(18)20-11-13-6-3-5-9-19-13/h12-13H,2-11H2,1H3/t12-,13-/m1/s1. The van der Waals surface area contributed by atoms with Gasteiger partial charge in [-0.3, -0.25) is 9.59 Å². The van der Waals surface area contributed by atoms with E-state index in [0.29, 0.717) is 13.0 Å². The molecule has 2 heterocycles. The molecule has 0 aliphatic carbocycles. The van der Waals surface area contributed by atoms with Gasteiger partial charge in [0.25, 0.3) is 0 Å². The second kappa shape index (κ2) is 7.62. The van der Waals surface area contributed by atoms with Crippen LogP contribution in [0.5, 0.6) is 0 Å². The van der Waals surface area contributed by atoms with Gasteiger partial charge in [0.1, 0.15) is 6.61 Å². The van der Waals surface area contributed by atoms with E-state index in [9.17, 15) is 9.59 Å². The van der Waals surface area contributed by atoms with Gasteiger partial charge in [0.2, 0.25) is 5.91 Å². The Labute approximate surface area is 120 Å². The van der Waals surface area contributed by atoms with Gasteiger partial charge in [0.05, 0.1) is 12.5 Å². The third-order valence-electron chi connectivity index (χ3n) is 4.06. The summed E-state index contributed by atoms with van der Waals surface area (Å²) in [7, 11) is 0. The highest BCUT2D eigenvalue weighted by Crippen LogP contribution is 2.17. The molecule has 2 saturated heterocycles. The van der Waals surface area contributed by atoms with Crippen LogP contribution in [0.25, 0.3) is 0 Å². The zero-order valence-corrected chi connectivity index (χ0v) is 12.3. The fourth-order valence-electron chi connectivity index (χ4n) is 2.83. The fraction of sp³-hybridized carbons (Fsp3) is 0.867. The molecule has 0 aromatic heterocycles. The van der Waals surface area contributed by atoms with Crippen LogP contribution in [0.3, 0.4) is 0 Å². The minimum Gasteiger partial charge on any atom is -0.463 e. The predicted octanol–water partition coefficient (Wildman–Crippen LogP) is 1.89. The van der Waals surface area contributed by atoms with Crippen molar-refractivity contribution in [3.05, 3.63) is 0 Å². The zero-order chi connectivity index (χ0) is 14.4. The molecule has 0 bridgehead atoms. The molecule has 0 unspecified atom stereocenters. The summed E-state index contributed by atoms with van der Waals surface area (Å²) in [6.07, 6.45) is 6.13. The Morgan fingerprint density at radius 3 is 2.95 bits per heavy atom. The van der Waals surface area contributed by atoms with Crippen molar-refractivity contribution in [3.8, 4) is 0 Å². The highest BCUT2D eigenvalue weighted by Gasteiger charge is 2.25. The lowest BCUT2D eigenvalue weighted by atomic mass is 10.1.